The Bertz CT molecular complexity index is 2530. The first-order chi connectivity index (χ1) is 35.6. The highest BCUT2D eigenvalue weighted by Gasteiger charge is 2.22. The zero-order valence-corrected chi connectivity index (χ0v) is 51.1. The molecule has 14 nitrogen and oxygen atoms in total. The summed E-state index contributed by atoms with van der Waals surface area (Å²) in [5.41, 5.74) is 19.9. The van der Waals surface area contributed by atoms with Crippen LogP contribution in [0.1, 0.15) is 95.3 Å². The summed E-state index contributed by atoms with van der Waals surface area (Å²) < 4.78 is 0. The standard InChI is InChI=1S/C27H36N6OS.C17H27N5S2.C12H16BrNO.CH4.H3P/c1-5-31(6-2)22-11-7-20(8-12-22)24(34)25-26(28)30-27(35-25)29-21-9-13-23(14-10-21)33-17-15-32(16-18-33)19(3)4;1-4-24-16(18)20-17(23)19-14-5-7-15(8-6-14)22-11-9-21(10-12-22)13(2)3;1-3-14(4-2)11-7-5-10(6-8-11)12(15)9-13;;/h7-14,19H,5-6,15-18,28H2,1-4H3,(H,29,30);5-8,13H,4,9-12H2,1-3H3,(H3,18,19,20,23);5-8H,3-4,9H2,1-2H3;1H4;1H3. The number of thiazole rings is 1. The second-order valence-corrected chi connectivity index (χ2v) is 21.6. The number of rotatable bonds is 18. The van der Waals surface area contributed by atoms with Gasteiger partial charge in [-0.2, -0.15) is 14.9 Å². The molecule has 0 radical (unpaired) electrons. The number of anilines is 8. The van der Waals surface area contributed by atoms with Crippen molar-refractivity contribution in [3.8, 4) is 0 Å². The Labute approximate surface area is 480 Å². The quantitative estimate of drug-likeness (QED) is 0.0164. The molecule has 76 heavy (non-hydrogen) atoms. The summed E-state index contributed by atoms with van der Waals surface area (Å²) in [6.45, 7) is 32.0. The lowest BCUT2D eigenvalue weighted by Gasteiger charge is -2.38. The molecule has 0 amide bonds. The van der Waals surface area contributed by atoms with Gasteiger partial charge in [-0.1, -0.05) is 53.4 Å². The summed E-state index contributed by atoms with van der Waals surface area (Å²) in [6.07, 6.45) is 0. The molecule has 2 saturated heterocycles. The minimum Gasteiger partial charge on any atom is -0.382 e. The van der Waals surface area contributed by atoms with Crippen molar-refractivity contribution in [2.24, 2.45) is 10.7 Å². The zero-order chi connectivity index (χ0) is 53.7. The molecule has 2 aliphatic heterocycles. The molecule has 7 rings (SSSR count). The van der Waals surface area contributed by atoms with Crippen LogP contribution < -0.4 is 41.7 Å². The maximum Gasteiger partial charge on any atom is 0.206 e. The van der Waals surface area contributed by atoms with E-state index in [4.69, 9.17) is 23.7 Å². The van der Waals surface area contributed by atoms with E-state index >= 15 is 0 Å². The van der Waals surface area contributed by atoms with E-state index in [0.717, 1.165) is 107 Å². The number of amidine groups is 1. The number of alkyl halides is 1. The number of nitrogens with one attached hydrogen (secondary N) is 2. The van der Waals surface area contributed by atoms with Gasteiger partial charge in [0, 0.05) is 136 Å². The minimum absolute atomic E-state index is 0. The number of hydrogen-bond acceptors (Lipinski definition) is 14. The van der Waals surface area contributed by atoms with Crippen LogP contribution in [0, 0.1) is 0 Å². The SMILES string of the molecule is C.CCN(CC)c1ccc(C(=O)CBr)cc1.CCN(CC)c1ccc(C(=O)c2sc(Nc3ccc(N4CCN(C(C)C)CC4)cc3)nc2N)cc1.CCSC(N)=NC(=S)Nc1ccc(N2CCN(C(C)C)CC2)cc1.P. The van der Waals surface area contributed by atoms with Crippen LogP contribution in [0.4, 0.5) is 45.1 Å². The molecule has 2 aliphatic rings. The predicted molar refractivity (Wildman–Crippen MR) is 346 cm³/mol. The number of piperazine rings is 2. The number of halogens is 1. The minimum atomic E-state index is -0.102. The lowest BCUT2D eigenvalue weighted by Crippen LogP contribution is -2.48. The topological polar surface area (TPSA) is 155 Å². The Kier molecular flexibility index (Phi) is 28.8. The van der Waals surface area contributed by atoms with Crippen LogP contribution in [0.3, 0.4) is 0 Å². The predicted octanol–water partition coefficient (Wildman–Crippen LogP) is 11.9. The van der Waals surface area contributed by atoms with Gasteiger partial charge in [0.05, 0.1) is 5.33 Å². The van der Waals surface area contributed by atoms with Gasteiger partial charge in [0.2, 0.25) is 5.78 Å². The van der Waals surface area contributed by atoms with Crippen molar-refractivity contribution in [3.63, 3.8) is 0 Å². The molecule has 0 bridgehead atoms. The van der Waals surface area contributed by atoms with E-state index in [9.17, 15) is 9.59 Å². The molecule has 416 valence electrons. The first kappa shape index (κ1) is 65.5. The highest BCUT2D eigenvalue weighted by atomic mass is 79.9. The molecule has 2 fully saturated rings. The molecule has 0 spiro atoms. The van der Waals surface area contributed by atoms with Gasteiger partial charge in [-0.25, -0.2) is 4.98 Å². The van der Waals surface area contributed by atoms with E-state index in [1.807, 2.05) is 67.6 Å². The van der Waals surface area contributed by atoms with Gasteiger partial charge in [0.15, 0.2) is 21.2 Å². The number of hydrogen-bond donors (Lipinski definition) is 4. The molecule has 1 unspecified atom stereocenters. The average Bonchev–Trinajstić information content (AvgIpc) is 3.79. The van der Waals surface area contributed by atoms with Gasteiger partial charge in [-0.05, 0) is 170 Å². The first-order valence-electron chi connectivity index (χ1n) is 25.9. The maximum atomic E-state index is 13.1. The van der Waals surface area contributed by atoms with Crippen LogP contribution in [0.15, 0.2) is 102 Å². The van der Waals surface area contributed by atoms with Crippen LogP contribution in [0.2, 0.25) is 0 Å². The zero-order valence-electron chi connectivity index (χ0n) is 45.7. The van der Waals surface area contributed by atoms with Crippen LogP contribution >= 0.6 is 61.1 Å². The first-order valence-corrected chi connectivity index (χ1v) is 29.3. The van der Waals surface area contributed by atoms with Gasteiger partial charge >= 0.3 is 0 Å². The summed E-state index contributed by atoms with van der Waals surface area (Å²) in [5, 5.41) is 8.30. The number of benzene rings is 4. The number of nitrogens with zero attached hydrogens (tertiary/aromatic N) is 8. The number of nitrogen functional groups attached to an aromatic ring is 1. The fourth-order valence-electron chi connectivity index (χ4n) is 8.67. The summed E-state index contributed by atoms with van der Waals surface area (Å²) in [7, 11) is 0. The van der Waals surface area contributed by atoms with Crippen molar-refractivity contribution < 1.29 is 9.59 Å². The van der Waals surface area contributed by atoms with Gasteiger partial charge in [0.25, 0.3) is 0 Å². The second kappa shape index (κ2) is 33.5. The monoisotopic (exact) mass is 1180 g/mol. The third kappa shape index (κ3) is 19.6. The van der Waals surface area contributed by atoms with Crippen LogP contribution in [0.25, 0.3) is 0 Å². The number of carbonyl (C=O) groups excluding carboxylic acids is 2. The highest BCUT2D eigenvalue weighted by molar-refractivity contribution is 9.09. The largest absolute Gasteiger partial charge is 0.382 e. The molecule has 0 saturated carbocycles. The van der Waals surface area contributed by atoms with Crippen LogP contribution in [-0.2, 0) is 0 Å². The van der Waals surface area contributed by atoms with E-state index < -0.39 is 0 Å². The Morgan fingerprint density at radius 1 is 0.697 bits per heavy atom. The lowest BCUT2D eigenvalue weighted by atomic mass is 10.1. The molecular formula is C57H86BrN12O2PS3. The van der Waals surface area contributed by atoms with Gasteiger partial charge in [-0.15, -0.1) is 0 Å². The van der Waals surface area contributed by atoms with Crippen LogP contribution in [-0.4, -0.2) is 138 Å². The number of nitrogens with two attached hydrogens (primary N) is 2. The Morgan fingerprint density at radius 2 is 1.12 bits per heavy atom. The normalized spacial score (nSPS) is 13.8. The van der Waals surface area contributed by atoms with Crippen molar-refractivity contribution in [2.45, 2.75) is 81.8 Å². The lowest BCUT2D eigenvalue weighted by molar-refractivity contribution is 0.102. The Hall–Kier alpha value is -4.81. The summed E-state index contributed by atoms with van der Waals surface area (Å²) in [6, 6.07) is 33.4. The summed E-state index contributed by atoms with van der Waals surface area (Å²) >= 11 is 11.2. The Morgan fingerprint density at radius 3 is 1.51 bits per heavy atom. The third-order valence-corrected chi connectivity index (χ3v) is 15.5. The third-order valence-electron chi connectivity index (χ3n) is 13.1. The maximum absolute atomic E-state index is 13.1. The van der Waals surface area contributed by atoms with E-state index in [-0.39, 0.29) is 34.7 Å². The van der Waals surface area contributed by atoms with E-state index in [0.29, 0.717) is 43.3 Å². The number of carbonyl (C=O) groups is 2. The second-order valence-electron chi connectivity index (χ2n) is 18.3. The molecule has 0 aliphatic carbocycles. The van der Waals surface area contributed by atoms with Crippen molar-refractivity contribution in [1.82, 2.24) is 14.8 Å². The van der Waals surface area contributed by atoms with E-state index in [1.54, 1.807) is 0 Å². The van der Waals surface area contributed by atoms with Gasteiger partial charge in [0.1, 0.15) is 10.7 Å². The number of aromatic nitrogens is 1. The summed E-state index contributed by atoms with van der Waals surface area (Å²) in [5.74, 6) is 1.17. The smallest absolute Gasteiger partial charge is 0.206 e. The van der Waals surface area contributed by atoms with Crippen LogP contribution in [0.5, 0.6) is 0 Å². The van der Waals surface area contributed by atoms with Crippen molar-refractivity contribution >= 4 is 128 Å². The summed E-state index contributed by atoms with van der Waals surface area (Å²) in [4.78, 5) is 47.8. The molecule has 4 aromatic carbocycles. The highest BCUT2D eigenvalue weighted by Crippen LogP contribution is 2.31. The molecule has 1 aromatic heterocycles. The number of aliphatic imine (C=N–C) groups is 1. The number of thiocarbonyl (C=S) groups is 1. The fourth-order valence-corrected chi connectivity index (χ4v) is 10.6. The number of thioether (sulfide) groups is 1. The Balaban J connectivity index is 0.000000322. The molecule has 3 heterocycles. The molecular weight excluding hydrogens is 1090 g/mol. The van der Waals surface area contributed by atoms with Gasteiger partial charge in [-0.3, -0.25) is 19.4 Å². The fraction of sp³-hybridized carbons (Fsp3) is 0.456. The van der Waals surface area contributed by atoms with Crippen molar-refractivity contribution in [1.29, 1.82) is 0 Å². The molecule has 5 aromatic rings. The van der Waals surface area contributed by atoms with E-state index in [2.05, 4.69) is 158 Å². The molecule has 1 atom stereocenters. The molecule has 6 N–H and O–H groups in total. The van der Waals surface area contributed by atoms with Gasteiger partial charge < -0.3 is 41.7 Å². The number of ketones is 2. The molecule has 19 heteroatoms. The van der Waals surface area contributed by atoms with Crippen molar-refractivity contribution in [2.75, 3.05) is 126 Å². The number of Topliss-reactive ketones (excluding diaryl/α,β-unsaturated/α-hetero) is 1. The van der Waals surface area contributed by atoms with Crippen molar-refractivity contribution in [3.05, 3.63) is 113 Å². The van der Waals surface area contributed by atoms with E-state index in [1.165, 1.54) is 40.2 Å². The average molecular weight is 1180 g/mol.